The fourth-order valence-electron chi connectivity index (χ4n) is 2.67. The minimum absolute atomic E-state index is 0.440. The van der Waals surface area contributed by atoms with Crippen LogP contribution in [0.1, 0.15) is 19.8 Å². The first-order valence-electron chi connectivity index (χ1n) is 6.92. The Kier molecular flexibility index (Phi) is 3.55. The molecular formula is C14H19N5. The van der Waals surface area contributed by atoms with Gasteiger partial charge in [0, 0.05) is 24.2 Å². The summed E-state index contributed by atoms with van der Waals surface area (Å²) in [7, 11) is 0. The largest absolute Gasteiger partial charge is 0.363 e. The quantitative estimate of drug-likeness (QED) is 0.910. The second-order valence-electron chi connectivity index (χ2n) is 5.01. The smallest absolute Gasteiger partial charge is 0.175 e. The highest BCUT2D eigenvalue weighted by Crippen LogP contribution is 2.20. The highest BCUT2D eigenvalue weighted by molar-refractivity contribution is 5.86. The van der Waals surface area contributed by atoms with Gasteiger partial charge in [0.1, 0.15) is 5.52 Å². The number of anilines is 1. The molecule has 2 aromatic heterocycles. The van der Waals surface area contributed by atoms with Gasteiger partial charge < -0.3 is 10.2 Å². The zero-order valence-electron chi connectivity index (χ0n) is 11.2. The van der Waals surface area contributed by atoms with Gasteiger partial charge in [-0.1, -0.05) is 6.92 Å². The Labute approximate surface area is 113 Å². The molecule has 3 heterocycles. The lowest BCUT2D eigenvalue weighted by Crippen LogP contribution is -2.42. The monoisotopic (exact) mass is 257 g/mol. The number of hydrogen-bond donors (Lipinski definition) is 1. The van der Waals surface area contributed by atoms with Crippen LogP contribution in [0.3, 0.4) is 0 Å². The number of fused-ring (bicyclic) bond motifs is 1. The number of aromatic nitrogens is 3. The molecule has 2 aromatic rings. The maximum Gasteiger partial charge on any atom is 0.175 e. The molecule has 1 saturated heterocycles. The van der Waals surface area contributed by atoms with E-state index in [-0.39, 0.29) is 0 Å². The molecular weight excluding hydrogens is 238 g/mol. The maximum atomic E-state index is 4.41. The fraction of sp³-hybridized carbons (Fsp3) is 0.500. The van der Waals surface area contributed by atoms with Crippen molar-refractivity contribution in [1.82, 2.24) is 20.1 Å². The summed E-state index contributed by atoms with van der Waals surface area (Å²) in [5.41, 5.74) is 0.908. The van der Waals surface area contributed by atoms with E-state index in [1.54, 1.807) is 12.4 Å². The van der Waals surface area contributed by atoms with Crippen molar-refractivity contribution in [3.05, 3.63) is 24.5 Å². The van der Waals surface area contributed by atoms with Crippen molar-refractivity contribution in [3.8, 4) is 0 Å². The summed E-state index contributed by atoms with van der Waals surface area (Å²) in [6.45, 7) is 5.59. The van der Waals surface area contributed by atoms with Crippen LogP contribution in [0.2, 0.25) is 0 Å². The van der Waals surface area contributed by atoms with Gasteiger partial charge in [0.15, 0.2) is 5.82 Å². The van der Waals surface area contributed by atoms with E-state index in [0.717, 1.165) is 29.8 Å². The second-order valence-corrected chi connectivity index (χ2v) is 5.01. The second kappa shape index (κ2) is 5.48. The van der Waals surface area contributed by atoms with E-state index in [1.165, 1.54) is 19.4 Å². The van der Waals surface area contributed by atoms with Crippen LogP contribution in [-0.4, -0.2) is 45.8 Å². The van der Waals surface area contributed by atoms with E-state index in [4.69, 9.17) is 0 Å². The average molecular weight is 257 g/mol. The van der Waals surface area contributed by atoms with Crippen LogP contribution >= 0.6 is 0 Å². The average Bonchev–Trinajstić information content (AvgIpc) is 2.48. The van der Waals surface area contributed by atoms with Crippen LogP contribution in [0.25, 0.3) is 10.9 Å². The third kappa shape index (κ3) is 2.66. The van der Waals surface area contributed by atoms with Gasteiger partial charge in [-0.2, -0.15) is 5.10 Å². The Morgan fingerprint density at radius 3 is 3.32 bits per heavy atom. The van der Waals surface area contributed by atoms with Gasteiger partial charge in [-0.3, -0.25) is 4.98 Å². The van der Waals surface area contributed by atoms with E-state index in [0.29, 0.717) is 6.04 Å². The molecule has 0 spiro atoms. The topological polar surface area (TPSA) is 53.9 Å². The number of rotatable bonds is 3. The number of hydrogen-bond acceptors (Lipinski definition) is 5. The number of likely N-dealkylation sites (N-methyl/N-ethyl adjacent to an activating group) is 1. The highest BCUT2D eigenvalue weighted by Gasteiger charge is 2.19. The van der Waals surface area contributed by atoms with Crippen LogP contribution < -0.4 is 5.32 Å². The van der Waals surface area contributed by atoms with Crippen molar-refractivity contribution < 1.29 is 0 Å². The first kappa shape index (κ1) is 12.3. The van der Waals surface area contributed by atoms with Crippen molar-refractivity contribution in [2.24, 2.45) is 0 Å². The first-order valence-corrected chi connectivity index (χ1v) is 6.92. The van der Waals surface area contributed by atoms with E-state index < -0.39 is 0 Å². The molecule has 0 amide bonds. The molecule has 1 atom stereocenters. The number of nitrogens with one attached hydrogen (secondary N) is 1. The summed E-state index contributed by atoms with van der Waals surface area (Å²) < 4.78 is 0. The molecule has 0 saturated carbocycles. The molecule has 0 bridgehead atoms. The molecule has 19 heavy (non-hydrogen) atoms. The third-order valence-corrected chi connectivity index (χ3v) is 3.71. The summed E-state index contributed by atoms with van der Waals surface area (Å²) in [4.78, 5) is 6.87. The molecule has 0 radical (unpaired) electrons. The minimum atomic E-state index is 0.440. The summed E-state index contributed by atoms with van der Waals surface area (Å²) in [5.74, 6) is 0.807. The van der Waals surface area contributed by atoms with Crippen LogP contribution in [-0.2, 0) is 0 Å². The summed E-state index contributed by atoms with van der Waals surface area (Å²) >= 11 is 0. The van der Waals surface area contributed by atoms with Crippen molar-refractivity contribution in [2.45, 2.75) is 25.8 Å². The Bertz CT molecular complexity index is 551. The van der Waals surface area contributed by atoms with Gasteiger partial charge in [0.2, 0.25) is 0 Å². The Balaban J connectivity index is 1.81. The van der Waals surface area contributed by atoms with Crippen molar-refractivity contribution in [2.75, 3.05) is 25.0 Å². The molecule has 3 rings (SSSR count). The predicted molar refractivity (Wildman–Crippen MR) is 76.1 cm³/mol. The number of likely N-dealkylation sites (tertiary alicyclic amines) is 1. The van der Waals surface area contributed by atoms with Crippen molar-refractivity contribution in [1.29, 1.82) is 0 Å². The number of nitrogens with zero attached hydrogens (tertiary/aromatic N) is 4. The fourth-order valence-corrected chi connectivity index (χ4v) is 2.67. The van der Waals surface area contributed by atoms with Gasteiger partial charge in [-0.15, -0.1) is 5.10 Å². The zero-order chi connectivity index (χ0) is 13.1. The van der Waals surface area contributed by atoms with Gasteiger partial charge in [-0.05, 0) is 38.1 Å². The molecule has 1 aliphatic rings. The minimum Gasteiger partial charge on any atom is -0.363 e. The summed E-state index contributed by atoms with van der Waals surface area (Å²) in [5, 5.41) is 12.8. The molecule has 1 aliphatic heterocycles. The first-order chi connectivity index (χ1) is 9.36. The van der Waals surface area contributed by atoms with Gasteiger partial charge >= 0.3 is 0 Å². The van der Waals surface area contributed by atoms with Gasteiger partial charge in [-0.25, -0.2) is 0 Å². The lowest BCUT2D eigenvalue weighted by atomic mass is 10.1. The van der Waals surface area contributed by atoms with Crippen LogP contribution in [0.15, 0.2) is 24.5 Å². The molecule has 1 fully saturated rings. The highest BCUT2D eigenvalue weighted by atomic mass is 15.2. The van der Waals surface area contributed by atoms with E-state index in [2.05, 4.69) is 32.3 Å². The standard InChI is InChI=1S/C14H19N5/c1-2-19-8-4-6-12(10-19)17-14-13-11(9-16-18-14)5-3-7-15-13/h3,5,7,9,12H,2,4,6,8,10H2,1H3,(H,17,18)/t12-/m1/s1. The third-order valence-electron chi connectivity index (χ3n) is 3.71. The lowest BCUT2D eigenvalue weighted by Gasteiger charge is -2.32. The molecule has 0 unspecified atom stereocenters. The number of piperidine rings is 1. The normalized spacial score (nSPS) is 20.6. The van der Waals surface area contributed by atoms with Gasteiger partial charge in [0.05, 0.1) is 6.20 Å². The molecule has 100 valence electrons. The van der Waals surface area contributed by atoms with E-state index in [9.17, 15) is 0 Å². The Morgan fingerprint density at radius 2 is 2.42 bits per heavy atom. The Hall–Kier alpha value is -1.75. The number of pyridine rings is 1. The van der Waals surface area contributed by atoms with Crippen LogP contribution in [0, 0.1) is 0 Å². The molecule has 5 heteroatoms. The van der Waals surface area contributed by atoms with Crippen LogP contribution in [0.4, 0.5) is 5.82 Å². The van der Waals surface area contributed by atoms with Crippen LogP contribution in [0.5, 0.6) is 0 Å². The SMILES string of the molecule is CCN1CCC[C@@H](Nc2nncc3cccnc23)C1. The predicted octanol–water partition coefficient (Wildman–Crippen LogP) is 1.92. The molecule has 1 N–H and O–H groups in total. The van der Waals surface area contributed by atoms with Gasteiger partial charge in [0.25, 0.3) is 0 Å². The maximum absolute atomic E-state index is 4.41. The van der Waals surface area contributed by atoms with Crippen molar-refractivity contribution >= 4 is 16.7 Å². The van der Waals surface area contributed by atoms with Crippen molar-refractivity contribution in [3.63, 3.8) is 0 Å². The molecule has 5 nitrogen and oxygen atoms in total. The van der Waals surface area contributed by atoms with E-state index >= 15 is 0 Å². The molecule has 0 aromatic carbocycles. The zero-order valence-corrected chi connectivity index (χ0v) is 11.2. The summed E-state index contributed by atoms with van der Waals surface area (Å²) in [6.07, 6.45) is 5.97. The summed E-state index contributed by atoms with van der Waals surface area (Å²) in [6, 6.07) is 4.38. The molecule has 0 aliphatic carbocycles. The Morgan fingerprint density at radius 1 is 1.47 bits per heavy atom. The lowest BCUT2D eigenvalue weighted by molar-refractivity contribution is 0.226. The van der Waals surface area contributed by atoms with E-state index in [1.807, 2.05) is 12.1 Å².